The summed E-state index contributed by atoms with van der Waals surface area (Å²) < 4.78 is 27.6. The molecule has 3 heterocycles. The van der Waals surface area contributed by atoms with Crippen LogP contribution >= 0.6 is 11.3 Å². The molecule has 1 saturated heterocycles. The van der Waals surface area contributed by atoms with E-state index in [0.717, 1.165) is 12.5 Å². The van der Waals surface area contributed by atoms with E-state index in [1.165, 1.54) is 26.9 Å². The third-order valence-corrected chi connectivity index (χ3v) is 9.40. The number of fused-ring (bicyclic) bond motifs is 1. The number of piperidine rings is 1. The summed E-state index contributed by atoms with van der Waals surface area (Å²) in [5.74, 6) is -0.117. The number of carbonyl (C=O) groups is 1. The molecule has 0 aliphatic carbocycles. The van der Waals surface area contributed by atoms with E-state index in [1.807, 2.05) is 11.8 Å². The predicted octanol–water partition coefficient (Wildman–Crippen LogP) is 3.51. The molecular formula is C21H25N3O5S2. The number of amides is 1. The van der Waals surface area contributed by atoms with E-state index < -0.39 is 14.9 Å². The number of hydrogen-bond donors (Lipinski definition) is 0. The van der Waals surface area contributed by atoms with Crippen LogP contribution in [0.15, 0.2) is 34.5 Å². The summed E-state index contributed by atoms with van der Waals surface area (Å²) >= 11 is 1.73. The molecule has 0 saturated carbocycles. The Labute approximate surface area is 185 Å². The van der Waals surface area contributed by atoms with Crippen molar-refractivity contribution in [3.63, 3.8) is 0 Å². The first-order valence-electron chi connectivity index (χ1n) is 10.3. The molecule has 166 valence electrons. The van der Waals surface area contributed by atoms with Gasteiger partial charge in [0.2, 0.25) is 15.9 Å². The third-order valence-electron chi connectivity index (χ3n) is 6.36. The molecule has 1 aromatic heterocycles. The summed E-state index contributed by atoms with van der Waals surface area (Å²) in [6, 6.07) is 6.00. The van der Waals surface area contributed by atoms with Crippen molar-refractivity contribution >= 4 is 33.0 Å². The zero-order valence-corrected chi connectivity index (χ0v) is 19.1. The number of rotatable bonds is 4. The Bertz CT molecular complexity index is 1120. The van der Waals surface area contributed by atoms with Gasteiger partial charge in [-0.1, -0.05) is 6.07 Å². The molecule has 1 amide bonds. The fourth-order valence-corrected chi connectivity index (χ4v) is 7.18. The van der Waals surface area contributed by atoms with Crippen LogP contribution in [0.5, 0.6) is 0 Å². The number of aryl methyl sites for hydroxylation is 1. The minimum absolute atomic E-state index is 0.0387. The number of nitro groups is 1. The van der Waals surface area contributed by atoms with Crippen LogP contribution in [-0.4, -0.2) is 48.1 Å². The first-order valence-corrected chi connectivity index (χ1v) is 12.6. The molecule has 31 heavy (non-hydrogen) atoms. The van der Waals surface area contributed by atoms with Crippen molar-refractivity contribution in [2.75, 3.05) is 19.6 Å². The molecule has 0 bridgehead atoms. The highest BCUT2D eigenvalue weighted by Gasteiger charge is 2.37. The Balaban J connectivity index is 1.46. The Kier molecular flexibility index (Phi) is 5.89. The van der Waals surface area contributed by atoms with Gasteiger partial charge in [0.15, 0.2) is 0 Å². The van der Waals surface area contributed by atoms with Crippen molar-refractivity contribution in [3.8, 4) is 0 Å². The molecule has 1 unspecified atom stereocenters. The number of nitro benzene ring substituents is 1. The predicted molar refractivity (Wildman–Crippen MR) is 117 cm³/mol. The molecule has 0 N–H and O–H groups in total. The molecule has 2 aliphatic rings. The van der Waals surface area contributed by atoms with Crippen LogP contribution in [0.1, 0.15) is 41.8 Å². The van der Waals surface area contributed by atoms with E-state index in [4.69, 9.17) is 0 Å². The Morgan fingerprint density at radius 3 is 2.58 bits per heavy atom. The van der Waals surface area contributed by atoms with Crippen LogP contribution in [0.4, 0.5) is 5.69 Å². The lowest BCUT2D eigenvalue weighted by Crippen LogP contribution is -2.46. The normalized spacial score (nSPS) is 20.5. The van der Waals surface area contributed by atoms with Crippen molar-refractivity contribution in [1.29, 1.82) is 0 Å². The van der Waals surface area contributed by atoms with Crippen LogP contribution < -0.4 is 0 Å². The van der Waals surface area contributed by atoms with Gasteiger partial charge in [-0.05, 0) is 55.7 Å². The van der Waals surface area contributed by atoms with E-state index in [-0.39, 0.29) is 41.5 Å². The summed E-state index contributed by atoms with van der Waals surface area (Å²) in [5, 5.41) is 13.1. The van der Waals surface area contributed by atoms with Crippen molar-refractivity contribution in [3.05, 3.63) is 55.8 Å². The fourth-order valence-electron chi connectivity index (χ4n) is 4.51. The molecule has 0 radical (unpaired) electrons. The van der Waals surface area contributed by atoms with E-state index in [2.05, 4.69) is 11.4 Å². The fraction of sp³-hybridized carbons (Fsp3) is 0.476. The third kappa shape index (κ3) is 3.99. The summed E-state index contributed by atoms with van der Waals surface area (Å²) in [6.07, 6.45) is 1.76. The lowest BCUT2D eigenvalue weighted by Gasteiger charge is -2.38. The second-order valence-electron chi connectivity index (χ2n) is 8.14. The average Bonchev–Trinajstić information content (AvgIpc) is 3.23. The summed E-state index contributed by atoms with van der Waals surface area (Å²) in [6.45, 7) is 4.83. The maximum atomic E-state index is 13.2. The van der Waals surface area contributed by atoms with Gasteiger partial charge in [0.1, 0.15) is 0 Å². The highest BCUT2D eigenvalue weighted by Crippen LogP contribution is 2.35. The Morgan fingerprint density at radius 1 is 1.19 bits per heavy atom. The second-order valence-corrected chi connectivity index (χ2v) is 11.0. The first kappa shape index (κ1) is 21.9. The zero-order valence-electron chi connectivity index (χ0n) is 17.5. The first-order chi connectivity index (χ1) is 14.7. The Hall–Kier alpha value is -2.30. The lowest BCUT2D eigenvalue weighted by molar-refractivity contribution is -0.385. The number of nitrogens with zero attached hydrogens (tertiary/aromatic N) is 3. The van der Waals surface area contributed by atoms with Gasteiger partial charge >= 0.3 is 0 Å². The molecule has 2 aliphatic heterocycles. The molecule has 1 atom stereocenters. The minimum atomic E-state index is -3.86. The standard InChI is InChI=1S/C21H25N3O5S2/c1-14-3-4-17(24(26)27)13-20(14)31(28,29)22-9-5-16(6-10-22)21(25)23-11-7-19-18(15(23)2)8-12-30-19/h3-4,8,12-13,15-16H,5-7,9-11H2,1-2H3. The second kappa shape index (κ2) is 8.33. The molecular weight excluding hydrogens is 438 g/mol. The van der Waals surface area contributed by atoms with Crippen LogP contribution in [0.2, 0.25) is 0 Å². The number of benzene rings is 1. The molecule has 4 rings (SSSR count). The van der Waals surface area contributed by atoms with Crippen molar-refractivity contribution < 1.29 is 18.1 Å². The summed E-state index contributed by atoms with van der Waals surface area (Å²) in [5.41, 5.74) is 1.43. The van der Waals surface area contributed by atoms with Crippen molar-refractivity contribution in [1.82, 2.24) is 9.21 Å². The minimum Gasteiger partial charge on any atom is -0.335 e. The smallest absolute Gasteiger partial charge is 0.270 e. The summed E-state index contributed by atoms with van der Waals surface area (Å²) in [4.78, 5) is 26.9. The van der Waals surface area contributed by atoms with Crippen LogP contribution in [-0.2, 0) is 21.2 Å². The van der Waals surface area contributed by atoms with Crippen molar-refractivity contribution in [2.24, 2.45) is 5.92 Å². The number of thiophene rings is 1. The topological polar surface area (TPSA) is 101 Å². The van der Waals surface area contributed by atoms with Gasteiger partial charge in [0.05, 0.1) is 15.9 Å². The van der Waals surface area contributed by atoms with Crippen LogP contribution in [0.25, 0.3) is 0 Å². The largest absolute Gasteiger partial charge is 0.335 e. The number of non-ortho nitro benzene ring substituents is 1. The maximum absolute atomic E-state index is 13.2. The molecule has 1 fully saturated rings. The lowest BCUT2D eigenvalue weighted by atomic mass is 9.93. The van der Waals surface area contributed by atoms with Crippen molar-refractivity contribution in [2.45, 2.75) is 44.0 Å². The van der Waals surface area contributed by atoms with Gasteiger partial charge < -0.3 is 4.90 Å². The van der Waals surface area contributed by atoms with Gasteiger partial charge in [0, 0.05) is 42.6 Å². The van der Waals surface area contributed by atoms with Gasteiger partial charge in [-0.25, -0.2) is 8.42 Å². The van der Waals surface area contributed by atoms with Gasteiger partial charge in [-0.2, -0.15) is 4.31 Å². The van der Waals surface area contributed by atoms with Gasteiger partial charge in [-0.15, -0.1) is 11.3 Å². The van der Waals surface area contributed by atoms with Crippen LogP contribution in [0, 0.1) is 23.0 Å². The number of sulfonamides is 1. The van der Waals surface area contributed by atoms with E-state index in [0.29, 0.717) is 24.9 Å². The molecule has 8 nitrogen and oxygen atoms in total. The SMILES string of the molecule is Cc1ccc([N+](=O)[O-])cc1S(=O)(=O)N1CCC(C(=O)N2CCc3sccc3C2C)CC1. The average molecular weight is 464 g/mol. The molecule has 10 heteroatoms. The quantitative estimate of drug-likeness (QED) is 0.510. The molecule has 1 aromatic carbocycles. The summed E-state index contributed by atoms with van der Waals surface area (Å²) in [7, 11) is -3.86. The zero-order chi connectivity index (χ0) is 22.3. The van der Waals surface area contributed by atoms with Gasteiger partial charge in [0.25, 0.3) is 5.69 Å². The maximum Gasteiger partial charge on any atom is 0.270 e. The highest BCUT2D eigenvalue weighted by molar-refractivity contribution is 7.89. The molecule has 2 aromatic rings. The van der Waals surface area contributed by atoms with E-state index in [1.54, 1.807) is 18.3 Å². The highest BCUT2D eigenvalue weighted by atomic mass is 32.2. The Morgan fingerprint density at radius 2 is 1.90 bits per heavy atom. The number of hydrogen-bond acceptors (Lipinski definition) is 6. The van der Waals surface area contributed by atoms with E-state index >= 15 is 0 Å². The van der Waals surface area contributed by atoms with Gasteiger partial charge in [-0.3, -0.25) is 14.9 Å². The monoisotopic (exact) mass is 463 g/mol. The van der Waals surface area contributed by atoms with E-state index in [9.17, 15) is 23.3 Å². The number of carbonyl (C=O) groups excluding carboxylic acids is 1. The molecule has 0 spiro atoms. The van der Waals surface area contributed by atoms with Crippen LogP contribution in [0.3, 0.4) is 0 Å².